The van der Waals surface area contributed by atoms with E-state index in [1.165, 1.54) is 0 Å². The lowest BCUT2D eigenvalue weighted by Gasteiger charge is -2.28. The molecule has 19 heavy (non-hydrogen) atoms. The summed E-state index contributed by atoms with van der Waals surface area (Å²) in [6.07, 6.45) is 3.02. The smallest absolute Gasteiger partial charge is 0.0835 e. The molecule has 1 aromatic heterocycles. The van der Waals surface area contributed by atoms with E-state index in [1.54, 1.807) is 6.20 Å². The Labute approximate surface area is 120 Å². The van der Waals surface area contributed by atoms with Crippen molar-refractivity contribution >= 4 is 11.6 Å². The Balaban J connectivity index is 2.35. The van der Waals surface area contributed by atoms with Crippen LogP contribution in [0, 0.1) is 5.92 Å². The fourth-order valence-electron chi connectivity index (χ4n) is 2.78. The van der Waals surface area contributed by atoms with Gasteiger partial charge in [-0.05, 0) is 32.7 Å². The second kappa shape index (κ2) is 6.25. The highest BCUT2D eigenvalue weighted by Gasteiger charge is 2.36. The summed E-state index contributed by atoms with van der Waals surface area (Å²) in [5.41, 5.74) is 1.05. The first-order valence-corrected chi connectivity index (χ1v) is 7.51. The summed E-state index contributed by atoms with van der Waals surface area (Å²) >= 11 is 6.37. The number of likely N-dealkylation sites (N-methyl/N-ethyl adjacent to an activating group) is 1. The van der Waals surface area contributed by atoms with Crippen LogP contribution < -0.4 is 5.32 Å². The lowest BCUT2D eigenvalue weighted by atomic mass is 9.95. The van der Waals surface area contributed by atoms with Gasteiger partial charge in [0, 0.05) is 12.6 Å². The number of hydrogen-bond donors (Lipinski definition) is 1. The molecule has 5 heteroatoms. The number of nitrogens with zero attached hydrogens (tertiary/aromatic N) is 2. The zero-order valence-corrected chi connectivity index (χ0v) is 12.9. The molecule has 0 radical (unpaired) electrons. The van der Waals surface area contributed by atoms with E-state index in [9.17, 15) is 0 Å². The van der Waals surface area contributed by atoms with Crippen LogP contribution in [0.25, 0.3) is 0 Å². The largest absolute Gasteiger partial charge is 0.376 e. The van der Waals surface area contributed by atoms with Crippen molar-refractivity contribution in [3.8, 4) is 0 Å². The molecule has 108 valence electrons. The molecular formula is C14H24ClN3O. The SMILES string of the molecule is CCNC(c1c(Cl)cnn1C(C)C)C1OCCC1C. The molecule has 1 aliphatic heterocycles. The molecule has 0 aliphatic carbocycles. The van der Waals surface area contributed by atoms with Gasteiger partial charge >= 0.3 is 0 Å². The minimum atomic E-state index is 0.111. The lowest BCUT2D eigenvalue weighted by Crippen LogP contribution is -2.36. The van der Waals surface area contributed by atoms with E-state index in [2.05, 4.69) is 38.1 Å². The summed E-state index contributed by atoms with van der Waals surface area (Å²) in [7, 11) is 0. The van der Waals surface area contributed by atoms with Gasteiger partial charge in [0.15, 0.2) is 0 Å². The van der Waals surface area contributed by atoms with Crippen molar-refractivity contribution in [2.75, 3.05) is 13.2 Å². The van der Waals surface area contributed by atoms with Gasteiger partial charge in [-0.1, -0.05) is 25.4 Å². The summed E-state index contributed by atoms with van der Waals surface area (Å²) in [5, 5.41) is 8.65. The molecule has 2 heterocycles. The molecule has 0 amide bonds. The molecule has 1 saturated heterocycles. The van der Waals surface area contributed by atoms with Gasteiger partial charge in [0.05, 0.1) is 29.1 Å². The van der Waals surface area contributed by atoms with E-state index in [0.29, 0.717) is 12.0 Å². The zero-order chi connectivity index (χ0) is 14.0. The van der Waals surface area contributed by atoms with E-state index < -0.39 is 0 Å². The zero-order valence-electron chi connectivity index (χ0n) is 12.2. The van der Waals surface area contributed by atoms with Crippen molar-refractivity contribution in [3.05, 3.63) is 16.9 Å². The van der Waals surface area contributed by atoms with E-state index in [4.69, 9.17) is 16.3 Å². The van der Waals surface area contributed by atoms with Gasteiger partial charge in [-0.2, -0.15) is 5.10 Å². The Hall–Kier alpha value is -0.580. The predicted octanol–water partition coefficient (Wildman–Crippen LogP) is 3.19. The Bertz CT molecular complexity index is 419. The van der Waals surface area contributed by atoms with Gasteiger partial charge < -0.3 is 10.1 Å². The van der Waals surface area contributed by atoms with E-state index in [1.807, 2.05) is 4.68 Å². The van der Waals surface area contributed by atoms with E-state index in [-0.39, 0.29) is 12.1 Å². The Morgan fingerprint density at radius 2 is 2.32 bits per heavy atom. The van der Waals surface area contributed by atoms with Crippen molar-refractivity contribution in [3.63, 3.8) is 0 Å². The Morgan fingerprint density at radius 3 is 2.84 bits per heavy atom. The third kappa shape index (κ3) is 2.96. The molecule has 1 fully saturated rings. The van der Waals surface area contributed by atoms with Gasteiger partial charge in [-0.3, -0.25) is 4.68 Å². The second-order valence-corrected chi connectivity index (χ2v) is 5.96. The van der Waals surface area contributed by atoms with Crippen LogP contribution in [0.5, 0.6) is 0 Å². The van der Waals surface area contributed by atoms with Crippen LogP contribution in [0.2, 0.25) is 5.02 Å². The topological polar surface area (TPSA) is 39.1 Å². The maximum Gasteiger partial charge on any atom is 0.0835 e. The van der Waals surface area contributed by atoms with Gasteiger partial charge in [-0.25, -0.2) is 0 Å². The average molecular weight is 286 g/mol. The number of hydrogen-bond acceptors (Lipinski definition) is 3. The summed E-state index contributed by atoms with van der Waals surface area (Å²) in [6.45, 7) is 10.3. The molecule has 1 aliphatic rings. The van der Waals surface area contributed by atoms with Crippen LogP contribution in [0.3, 0.4) is 0 Å². The van der Waals surface area contributed by atoms with Gasteiger partial charge in [0.25, 0.3) is 0 Å². The first-order valence-electron chi connectivity index (χ1n) is 7.14. The molecular weight excluding hydrogens is 262 g/mol. The molecule has 4 nitrogen and oxygen atoms in total. The van der Waals surface area contributed by atoms with Crippen LogP contribution in [0.15, 0.2) is 6.20 Å². The molecule has 0 spiro atoms. The number of nitrogens with one attached hydrogen (secondary N) is 1. The normalized spacial score (nSPS) is 25.2. The molecule has 1 aromatic rings. The van der Waals surface area contributed by atoms with Crippen LogP contribution in [0.1, 0.15) is 51.9 Å². The van der Waals surface area contributed by atoms with Crippen molar-refractivity contribution in [2.45, 2.75) is 52.3 Å². The van der Waals surface area contributed by atoms with Gasteiger partial charge in [0.1, 0.15) is 0 Å². The number of halogens is 1. The standard InChI is InChI=1S/C14H24ClN3O/c1-5-16-12(14-10(4)6-7-19-14)13-11(15)8-17-18(13)9(2)3/h8-10,12,14,16H,5-7H2,1-4H3. The molecule has 0 aromatic carbocycles. The van der Waals surface area contributed by atoms with Crippen LogP contribution in [-0.4, -0.2) is 29.0 Å². The summed E-state index contributed by atoms with van der Waals surface area (Å²) in [4.78, 5) is 0. The van der Waals surface area contributed by atoms with Crippen LogP contribution in [-0.2, 0) is 4.74 Å². The number of ether oxygens (including phenoxy) is 1. The predicted molar refractivity (Wildman–Crippen MR) is 77.6 cm³/mol. The number of aromatic nitrogens is 2. The first kappa shape index (κ1) is 14.8. The van der Waals surface area contributed by atoms with Crippen molar-refractivity contribution < 1.29 is 4.74 Å². The monoisotopic (exact) mass is 285 g/mol. The fraction of sp³-hybridized carbons (Fsp3) is 0.786. The summed E-state index contributed by atoms with van der Waals surface area (Å²) < 4.78 is 7.94. The molecule has 3 atom stereocenters. The highest BCUT2D eigenvalue weighted by Crippen LogP contribution is 2.35. The number of rotatable bonds is 5. The maximum absolute atomic E-state index is 6.37. The van der Waals surface area contributed by atoms with Gasteiger partial charge in [0.2, 0.25) is 0 Å². The molecule has 1 N–H and O–H groups in total. The van der Waals surface area contributed by atoms with Crippen LogP contribution >= 0.6 is 11.6 Å². The first-order chi connectivity index (χ1) is 9.06. The van der Waals surface area contributed by atoms with Crippen LogP contribution in [0.4, 0.5) is 0 Å². The molecule has 0 bridgehead atoms. The Kier molecular flexibility index (Phi) is 4.87. The molecule has 3 unspecified atom stereocenters. The fourth-order valence-corrected chi connectivity index (χ4v) is 3.03. The highest BCUT2D eigenvalue weighted by molar-refractivity contribution is 6.31. The third-order valence-electron chi connectivity index (χ3n) is 3.77. The van der Waals surface area contributed by atoms with Crippen molar-refractivity contribution in [2.24, 2.45) is 5.92 Å². The maximum atomic E-state index is 6.37. The average Bonchev–Trinajstić information content (AvgIpc) is 2.93. The van der Waals surface area contributed by atoms with Crippen molar-refractivity contribution in [1.29, 1.82) is 0 Å². The summed E-state index contributed by atoms with van der Waals surface area (Å²) in [5.74, 6) is 0.538. The minimum Gasteiger partial charge on any atom is -0.376 e. The van der Waals surface area contributed by atoms with E-state index in [0.717, 1.165) is 30.3 Å². The minimum absolute atomic E-state index is 0.111. The lowest BCUT2D eigenvalue weighted by molar-refractivity contribution is 0.0581. The highest BCUT2D eigenvalue weighted by atomic mass is 35.5. The molecule has 0 saturated carbocycles. The van der Waals surface area contributed by atoms with Gasteiger partial charge in [-0.15, -0.1) is 0 Å². The second-order valence-electron chi connectivity index (χ2n) is 5.55. The quantitative estimate of drug-likeness (QED) is 0.903. The Morgan fingerprint density at radius 1 is 1.58 bits per heavy atom. The summed E-state index contributed by atoms with van der Waals surface area (Å²) in [6, 6.07) is 0.403. The third-order valence-corrected chi connectivity index (χ3v) is 4.06. The molecule has 2 rings (SSSR count). The van der Waals surface area contributed by atoms with Crippen molar-refractivity contribution in [1.82, 2.24) is 15.1 Å². The van der Waals surface area contributed by atoms with E-state index >= 15 is 0 Å².